The molecule has 0 spiro atoms. The highest BCUT2D eigenvalue weighted by molar-refractivity contribution is 7.98. The van der Waals surface area contributed by atoms with Crippen LogP contribution in [0.5, 0.6) is 0 Å². The van der Waals surface area contributed by atoms with Crippen molar-refractivity contribution in [2.45, 2.75) is 11.8 Å². The van der Waals surface area contributed by atoms with Gasteiger partial charge in [-0.05, 0) is 29.7 Å². The molecule has 0 unspecified atom stereocenters. The highest BCUT2D eigenvalue weighted by Crippen LogP contribution is 2.05. The molecule has 1 heteroatoms. The molecule has 0 atom stereocenters. The minimum Gasteiger partial charge on any atom is -0.129 e. The van der Waals surface area contributed by atoms with Crippen LogP contribution >= 0.6 is 11.8 Å². The summed E-state index contributed by atoms with van der Waals surface area (Å²) < 4.78 is 0. The number of hydrogen-bond acceptors (Lipinski definition) is 1. The number of allylic oxidation sites excluding steroid dienone is 1. The van der Waals surface area contributed by atoms with Crippen LogP contribution in [-0.2, 0) is 0 Å². The first-order valence-corrected chi connectivity index (χ1v) is 5.48. The molecule has 0 nitrogen and oxygen atoms in total. The van der Waals surface area contributed by atoms with Crippen LogP contribution in [0.3, 0.4) is 0 Å². The number of hydrogen-bond donors (Lipinski definition) is 0. The minimum atomic E-state index is 1.24. The number of benzene rings is 1. The summed E-state index contributed by atoms with van der Waals surface area (Å²) in [4.78, 5) is 1.32. The van der Waals surface area contributed by atoms with Gasteiger partial charge in [0, 0.05) is 4.90 Å². The number of rotatable bonds is 2. The molecular weight excluding hydrogens is 176 g/mol. The van der Waals surface area contributed by atoms with Gasteiger partial charge in [0.1, 0.15) is 0 Å². The Morgan fingerprint density at radius 2 is 2.15 bits per heavy atom. The number of thioether (sulfide) groups is 1. The molecule has 0 heterocycles. The summed E-state index contributed by atoms with van der Waals surface area (Å²) in [6, 6.07) is 6.32. The van der Waals surface area contributed by atoms with Gasteiger partial charge < -0.3 is 0 Å². The van der Waals surface area contributed by atoms with Crippen LogP contribution in [0, 0.1) is 0 Å². The quantitative estimate of drug-likeness (QED) is 0.644. The van der Waals surface area contributed by atoms with E-state index in [1.807, 2.05) is 12.2 Å². The Morgan fingerprint density at radius 3 is 2.69 bits per heavy atom. The molecular formula is C12H14S. The van der Waals surface area contributed by atoms with Gasteiger partial charge in [0.05, 0.1) is 0 Å². The maximum absolute atomic E-state index is 3.71. The molecule has 68 valence electrons. The van der Waals surface area contributed by atoms with Gasteiger partial charge in [-0.25, -0.2) is 0 Å². The van der Waals surface area contributed by atoms with Gasteiger partial charge in [-0.3, -0.25) is 0 Å². The molecule has 0 fully saturated rings. The van der Waals surface area contributed by atoms with E-state index in [1.54, 1.807) is 11.8 Å². The highest BCUT2D eigenvalue weighted by Gasteiger charge is 1.91. The van der Waals surface area contributed by atoms with Crippen molar-refractivity contribution in [3.8, 4) is 0 Å². The maximum atomic E-state index is 3.71. The lowest BCUT2D eigenvalue weighted by Gasteiger charge is -1.97. The molecule has 0 saturated heterocycles. The second-order valence-corrected chi connectivity index (χ2v) is 3.50. The van der Waals surface area contributed by atoms with Gasteiger partial charge in [0.15, 0.2) is 0 Å². The first kappa shape index (κ1) is 10.1. The Kier molecular flexibility index (Phi) is 3.84. The summed E-state index contributed by atoms with van der Waals surface area (Å²) in [5.74, 6) is 0. The normalized spacial score (nSPS) is 13.4. The van der Waals surface area contributed by atoms with E-state index in [0.29, 0.717) is 0 Å². The van der Waals surface area contributed by atoms with Crippen LogP contribution in [-0.4, -0.2) is 6.26 Å². The molecule has 0 amide bonds. The molecule has 1 aromatic rings. The first-order valence-electron chi connectivity index (χ1n) is 4.25. The van der Waals surface area contributed by atoms with Gasteiger partial charge in [-0.15, -0.1) is 11.8 Å². The van der Waals surface area contributed by atoms with E-state index in [2.05, 4.69) is 44.0 Å². The molecule has 1 rings (SSSR count). The van der Waals surface area contributed by atoms with Crippen LogP contribution in [0.25, 0.3) is 12.2 Å². The van der Waals surface area contributed by atoms with Crippen molar-refractivity contribution in [3.63, 3.8) is 0 Å². The average Bonchev–Trinajstić information content (AvgIpc) is 2.18. The van der Waals surface area contributed by atoms with Crippen molar-refractivity contribution in [3.05, 3.63) is 41.3 Å². The van der Waals surface area contributed by atoms with Crippen LogP contribution < -0.4 is 10.4 Å². The molecule has 0 aromatic heterocycles. The van der Waals surface area contributed by atoms with Crippen LogP contribution in [0.1, 0.15) is 6.92 Å². The molecule has 1 aromatic carbocycles. The van der Waals surface area contributed by atoms with E-state index in [9.17, 15) is 0 Å². The van der Waals surface area contributed by atoms with Gasteiger partial charge in [-0.2, -0.15) is 0 Å². The summed E-state index contributed by atoms with van der Waals surface area (Å²) >= 11 is 1.77. The fraction of sp³-hybridized carbons (Fsp3) is 0.167. The van der Waals surface area contributed by atoms with Crippen molar-refractivity contribution in [2.75, 3.05) is 6.26 Å². The molecule has 0 bridgehead atoms. The van der Waals surface area contributed by atoms with Crippen molar-refractivity contribution < 1.29 is 0 Å². The van der Waals surface area contributed by atoms with Gasteiger partial charge in [0.25, 0.3) is 0 Å². The third-order valence-corrected chi connectivity index (χ3v) is 2.70. The fourth-order valence-corrected chi connectivity index (χ4v) is 1.99. The molecule has 13 heavy (non-hydrogen) atoms. The lowest BCUT2D eigenvalue weighted by molar-refractivity contribution is 1.33. The zero-order chi connectivity index (χ0) is 9.68. The summed E-state index contributed by atoms with van der Waals surface area (Å²) in [5, 5.41) is 2.54. The third kappa shape index (κ3) is 2.25. The van der Waals surface area contributed by atoms with Gasteiger partial charge >= 0.3 is 0 Å². The Hall–Kier alpha value is -0.950. The Bertz CT molecular complexity index is 402. The molecule has 0 aliphatic rings. The maximum Gasteiger partial charge on any atom is 0.0144 e. The topological polar surface area (TPSA) is 0 Å². The zero-order valence-corrected chi connectivity index (χ0v) is 8.90. The first-order chi connectivity index (χ1) is 6.33. The average molecular weight is 190 g/mol. The third-order valence-electron chi connectivity index (χ3n) is 1.91. The van der Waals surface area contributed by atoms with Crippen molar-refractivity contribution >= 4 is 23.9 Å². The summed E-state index contributed by atoms with van der Waals surface area (Å²) in [6.07, 6.45) is 8.10. The lowest BCUT2D eigenvalue weighted by Crippen LogP contribution is -2.25. The smallest absolute Gasteiger partial charge is 0.0144 e. The highest BCUT2D eigenvalue weighted by atomic mass is 32.2. The molecule has 0 aliphatic carbocycles. The Labute approximate surface area is 83.7 Å². The van der Waals surface area contributed by atoms with E-state index in [0.717, 1.165) is 0 Å². The van der Waals surface area contributed by atoms with Crippen molar-refractivity contribution in [1.82, 2.24) is 0 Å². The largest absolute Gasteiger partial charge is 0.129 e. The second kappa shape index (κ2) is 4.93. The van der Waals surface area contributed by atoms with E-state index >= 15 is 0 Å². The second-order valence-electron chi connectivity index (χ2n) is 2.65. The predicted octanol–water partition coefficient (Wildman–Crippen LogP) is 2.18. The SMILES string of the molecule is C=C/C=c1/cccc(SC)/c1=C/C. The van der Waals surface area contributed by atoms with Crippen molar-refractivity contribution in [1.29, 1.82) is 0 Å². The standard InChI is InChI=1S/C12H14S/c1-4-7-10-8-6-9-12(13-3)11(10)5-2/h4-9H,1H2,2-3H3/b10-7-,11-5+. The monoisotopic (exact) mass is 190 g/mol. The van der Waals surface area contributed by atoms with E-state index in [1.165, 1.54) is 15.3 Å². The summed E-state index contributed by atoms with van der Waals surface area (Å²) in [5.41, 5.74) is 0. The van der Waals surface area contributed by atoms with E-state index in [-0.39, 0.29) is 0 Å². The Morgan fingerprint density at radius 1 is 1.38 bits per heavy atom. The summed E-state index contributed by atoms with van der Waals surface area (Å²) in [6.45, 7) is 5.78. The minimum absolute atomic E-state index is 1.24. The lowest BCUT2D eigenvalue weighted by atomic mass is 10.2. The predicted molar refractivity (Wildman–Crippen MR) is 62.3 cm³/mol. The van der Waals surface area contributed by atoms with E-state index < -0.39 is 0 Å². The summed E-state index contributed by atoms with van der Waals surface area (Å²) in [7, 11) is 0. The van der Waals surface area contributed by atoms with Crippen LogP contribution in [0.2, 0.25) is 0 Å². The molecule has 0 saturated carbocycles. The molecule has 0 aliphatic heterocycles. The molecule has 0 radical (unpaired) electrons. The van der Waals surface area contributed by atoms with Crippen LogP contribution in [0.15, 0.2) is 35.7 Å². The Balaban J connectivity index is 3.56. The molecule has 0 N–H and O–H groups in total. The van der Waals surface area contributed by atoms with Gasteiger partial charge in [0.2, 0.25) is 0 Å². The van der Waals surface area contributed by atoms with Gasteiger partial charge in [-0.1, -0.05) is 36.9 Å². The van der Waals surface area contributed by atoms with Crippen LogP contribution in [0.4, 0.5) is 0 Å². The van der Waals surface area contributed by atoms with E-state index in [4.69, 9.17) is 0 Å². The zero-order valence-electron chi connectivity index (χ0n) is 8.08. The van der Waals surface area contributed by atoms with Crippen molar-refractivity contribution in [2.24, 2.45) is 0 Å². The fourth-order valence-electron chi connectivity index (χ4n) is 1.32.